The van der Waals surface area contributed by atoms with Gasteiger partial charge in [-0.2, -0.15) is 0 Å². The number of piperidine rings is 1. The van der Waals surface area contributed by atoms with Gasteiger partial charge >= 0.3 is 0 Å². The molecule has 2 heterocycles. The number of benzene rings is 1. The van der Waals surface area contributed by atoms with Crippen LogP contribution in [0.1, 0.15) is 26.7 Å². The van der Waals surface area contributed by atoms with E-state index in [0.29, 0.717) is 32.1 Å². The van der Waals surface area contributed by atoms with Crippen LogP contribution in [0.3, 0.4) is 0 Å². The summed E-state index contributed by atoms with van der Waals surface area (Å²) < 4.78 is 24.4. The third kappa shape index (κ3) is 4.54. The first-order valence-corrected chi connectivity index (χ1v) is 9.47. The van der Waals surface area contributed by atoms with E-state index in [-0.39, 0.29) is 17.6 Å². The summed E-state index contributed by atoms with van der Waals surface area (Å²) in [7, 11) is 0. The number of morpholine rings is 1. The largest absolute Gasteiger partial charge is 0.493 e. The lowest BCUT2D eigenvalue weighted by molar-refractivity contribution is -0.147. The molecule has 1 aromatic rings. The van der Waals surface area contributed by atoms with Gasteiger partial charge in [-0.1, -0.05) is 6.07 Å². The molecule has 1 atom stereocenters. The van der Waals surface area contributed by atoms with Crippen molar-refractivity contribution in [1.29, 1.82) is 0 Å². The second-order valence-corrected chi connectivity index (χ2v) is 7.69. The molecule has 0 aromatic heterocycles. The van der Waals surface area contributed by atoms with Gasteiger partial charge < -0.3 is 14.4 Å². The average molecular weight is 364 g/mol. The Balaban J connectivity index is 1.56. The van der Waals surface area contributed by atoms with Crippen molar-refractivity contribution in [3.05, 3.63) is 30.1 Å². The standard InChI is InChI=1S/C20H29FN2O3/c1-20(2,23-9-11-25-12-10-23)19(24)22-8-4-5-16(14-22)15-26-18-7-3-6-17(21)13-18/h3,6-7,13,16H,4-5,8-12,14-15H2,1-2H3/t16-/m1/s1. The third-order valence-corrected chi connectivity index (χ3v) is 5.41. The molecule has 26 heavy (non-hydrogen) atoms. The quantitative estimate of drug-likeness (QED) is 0.805. The first-order chi connectivity index (χ1) is 12.5. The molecule has 5 nitrogen and oxygen atoms in total. The van der Waals surface area contributed by atoms with Gasteiger partial charge in [0.2, 0.25) is 5.91 Å². The predicted octanol–water partition coefficient (Wildman–Crippen LogP) is 2.55. The highest BCUT2D eigenvalue weighted by atomic mass is 19.1. The fraction of sp³-hybridized carbons (Fsp3) is 0.650. The zero-order valence-electron chi connectivity index (χ0n) is 15.7. The molecule has 2 aliphatic rings. The summed E-state index contributed by atoms with van der Waals surface area (Å²) >= 11 is 0. The first kappa shape index (κ1) is 19.1. The monoisotopic (exact) mass is 364 g/mol. The second kappa shape index (κ2) is 8.35. The topological polar surface area (TPSA) is 42.0 Å². The molecule has 2 fully saturated rings. The van der Waals surface area contributed by atoms with Crippen molar-refractivity contribution in [2.45, 2.75) is 32.2 Å². The van der Waals surface area contributed by atoms with Crippen molar-refractivity contribution in [3.8, 4) is 5.75 Å². The van der Waals surface area contributed by atoms with E-state index in [1.165, 1.54) is 12.1 Å². The van der Waals surface area contributed by atoms with Crippen LogP contribution in [0.5, 0.6) is 5.75 Å². The molecule has 0 radical (unpaired) electrons. The van der Waals surface area contributed by atoms with Gasteiger partial charge in [0.15, 0.2) is 0 Å². The van der Waals surface area contributed by atoms with E-state index in [9.17, 15) is 9.18 Å². The molecule has 1 aromatic carbocycles. The number of carbonyl (C=O) groups is 1. The van der Waals surface area contributed by atoms with Crippen molar-refractivity contribution >= 4 is 5.91 Å². The number of halogens is 1. The lowest BCUT2D eigenvalue weighted by Gasteiger charge is -2.44. The van der Waals surface area contributed by atoms with Crippen LogP contribution < -0.4 is 4.74 Å². The maximum atomic E-state index is 13.3. The van der Waals surface area contributed by atoms with Crippen LogP contribution in [0, 0.1) is 11.7 Å². The number of hydrogen-bond acceptors (Lipinski definition) is 4. The maximum absolute atomic E-state index is 13.3. The number of ether oxygens (including phenoxy) is 2. The summed E-state index contributed by atoms with van der Waals surface area (Å²) in [5.74, 6) is 0.698. The van der Waals surface area contributed by atoms with Crippen molar-refractivity contribution in [2.24, 2.45) is 5.92 Å². The van der Waals surface area contributed by atoms with Gasteiger partial charge in [0.25, 0.3) is 0 Å². The maximum Gasteiger partial charge on any atom is 0.242 e. The van der Waals surface area contributed by atoms with E-state index in [2.05, 4.69) is 4.90 Å². The highest BCUT2D eigenvalue weighted by molar-refractivity contribution is 5.85. The Kier molecular flexibility index (Phi) is 6.14. The number of carbonyl (C=O) groups excluding carboxylic acids is 1. The molecule has 2 saturated heterocycles. The second-order valence-electron chi connectivity index (χ2n) is 7.69. The molecule has 0 bridgehead atoms. The number of likely N-dealkylation sites (tertiary alicyclic amines) is 1. The highest BCUT2D eigenvalue weighted by Gasteiger charge is 2.39. The predicted molar refractivity (Wildman–Crippen MR) is 97.7 cm³/mol. The van der Waals surface area contributed by atoms with Crippen molar-refractivity contribution in [3.63, 3.8) is 0 Å². The van der Waals surface area contributed by atoms with E-state index in [0.717, 1.165) is 32.5 Å². The lowest BCUT2D eigenvalue weighted by atomic mass is 9.94. The van der Waals surface area contributed by atoms with Gasteiger partial charge in [0.1, 0.15) is 11.6 Å². The minimum atomic E-state index is -0.519. The summed E-state index contributed by atoms with van der Waals surface area (Å²) in [6.07, 6.45) is 2.00. The fourth-order valence-corrected chi connectivity index (χ4v) is 3.80. The Morgan fingerprint density at radius 3 is 2.81 bits per heavy atom. The molecule has 6 heteroatoms. The van der Waals surface area contributed by atoms with Gasteiger partial charge in [-0.15, -0.1) is 0 Å². The number of nitrogens with zero attached hydrogens (tertiary/aromatic N) is 2. The van der Waals surface area contributed by atoms with E-state index in [4.69, 9.17) is 9.47 Å². The van der Waals surface area contributed by atoms with Crippen LogP contribution in [-0.2, 0) is 9.53 Å². The van der Waals surface area contributed by atoms with Crippen LogP contribution in [0.4, 0.5) is 4.39 Å². The average Bonchev–Trinajstić information content (AvgIpc) is 2.67. The van der Waals surface area contributed by atoms with E-state index >= 15 is 0 Å². The Morgan fingerprint density at radius 1 is 1.31 bits per heavy atom. The molecule has 0 saturated carbocycles. The van der Waals surface area contributed by atoms with Crippen LogP contribution >= 0.6 is 0 Å². The molecule has 0 aliphatic carbocycles. The Labute approximate surface area is 155 Å². The highest BCUT2D eigenvalue weighted by Crippen LogP contribution is 2.25. The summed E-state index contributed by atoms with van der Waals surface area (Å²) in [5, 5.41) is 0. The molecule has 2 aliphatic heterocycles. The molecule has 0 N–H and O–H groups in total. The van der Waals surface area contributed by atoms with Crippen LogP contribution in [-0.4, -0.2) is 67.2 Å². The fourth-order valence-electron chi connectivity index (χ4n) is 3.80. The van der Waals surface area contributed by atoms with Crippen molar-refractivity contribution < 1.29 is 18.7 Å². The third-order valence-electron chi connectivity index (χ3n) is 5.41. The van der Waals surface area contributed by atoms with Gasteiger partial charge in [-0.25, -0.2) is 4.39 Å². The van der Waals surface area contributed by atoms with Crippen LogP contribution in [0.25, 0.3) is 0 Å². The van der Waals surface area contributed by atoms with E-state index < -0.39 is 5.54 Å². The van der Waals surface area contributed by atoms with E-state index in [1.54, 1.807) is 12.1 Å². The summed E-state index contributed by atoms with van der Waals surface area (Å²) in [6.45, 7) is 8.95. The number of amides is 1. The SMILES string of the molecule is CC(C)(C(=O)N1CCC[C@@H](COc2cccc(F)c2)C1)N1CCOCC1. The molecule has 0 spiro atoms. The number of hydrogen-bond donors (Lipinski definition) is 0. The molecule has 144 valence electrons. The summed E-state index contributed by atoms with van der Waals surface area (Å²) in [5.41, 5.74) is -0.519. The minimum absolute atomic E-state index is 0.176. The summed E-state index contributed by atoms with van der Waals surface area (Å²) in [6, 6.07) is 6.21. The minimum Gasteiger partial charge on any atom is -0.493 e. The zero-order valence-corrected chi connectivity index (χ0v) is 15.7. The Bertz CT molecular complexity index is 617. The zero-order chi connectivity index (χ0) is 18.6. The molecule has 1 amide bonds. The van der Waals surface area contributed by atoms with Gasteiger partial charge in [-0.05, 0) is 38.8 Å². The Morgan fingerprint density at radius 2 is 2.08 bits per heavy atom. The lowest BCUT2D eigenvalue weighted by Crippen LogP contribution is -2.60. The van der Waals surface area contributed by atoms with E-state index in [1.807, 2.05) is 18.7 Å². The van der Waals surface area contributed by atoms with Crippen molar-refractivity contribution in [1.82, 2.24) is 9.80 Å². The van der Waals surface area contributed by atoms with Crippen LogP contribution in [0.15, 0.2) is 24.3 Å². The van der Waals surface area contributed by atoms with Gasteiger partial charge in [0, 0.05) is 38.2 Å². The van der Waals surface area contributed by atoms with Gasteiger partial charge in [-0.3, -0.25) is 9.69 Å². The number of rotatable bonds is 5. The smallest absolute Gasteiger partial charge is 0.242 e. The Hall–Kier alpha value is -1.66. The first-order valence-electron chi connectivity index (χ1n) is 9.47. The molecule has 0 unspecified atom stereocenters. The molecular formula is C20H29FN2O3. The summed E-state index contributed by atoms with van der Waals surface area (Å²) in [4.78, 5) is 17.3. The van der Waals surface area contributed by atoms with Crippen molar-refractivity contribution in [2.75, 3.05) is 46.0 Å². The van der Waals surface area contributed by atoms with Gasteiger partial charge in [0.05, 0.1) is 25.4 Å². The molecular weight excluding hydrogens is 335 g/mol. The van der Waals surface area contributed by atoms with Crippen LogP contribution in [0.2, 0.25) is 0 Å². The normalized spacial score (nSPS) is 22.3. The molecule has 3 rings (SSSR count).